The zero-order valence-corrected chi connectivity index (χ0v) is 9.44. The van der Waals surface area contributed by atoms with Crippen LogP contribution in [0.3, 0.4) is 0 Å². The van der Waals surface area contributed by atoms with Gasteiger partial charge < -0.3 is 5.32 Å². The molecular weight excluding hydrogens is 194 g/mol. The van der Waals surface area contributed by atoms with E-state index < -0.39 is 0 Å². The molecule has 0 aliphatic carbocycles. The van der Waals surface area contributed by atoms with Gasteiger partial charge in [-0.2, -0.15) is 0 Å². The van der Waals surface area contributed by atoms with E-state index in [0.717, 1.165) is 5.92 Å². The highest BCUT2D eigenvalue weighted by Crippen LogP contribution is 2.15. The van der Waals surface area contributed by atoms with Crippen molar-refractivity contribution in [2.45, 2.75) is 19.8 Å². The van der Waals surface area contributed by atoms with E-state index in [1.807, 2.05) is 0 Å². The first kappa shape index (κ1) is 11.5. The molecule has 14 heavy (non-hydrogen) atoms. The third-order valence-electron chi connectivity index (χ3n) is 2.77. The van der Waals surface area contributed by atoms with Gasteiger partial charge in [0.25, 0.3) is 0 Å². The van der Waals surface area contributed by atoms with Crippen LogP contribution in [0.5, 0.6) is 0 Å². The van der Waals surface area contributed by atoms with Gasteiger partial charge in [0.1, 0.15) is 0 Å². The molecule has 0 amide bonds. The monoisotopic (exact) mass is 211 g/mol. The molecule has 0 spiro atoms. The van der Waals surface area contributed by atoms with Crippen molar-refractivity contribution < 1.29 is 0 Å². The van der Waals surface area contributed by atoms with Gasteiger partial charge in [0.2, 0.25) is 0 Å². The number of benzene rings is 1. The van der Waals surface area contributed by atoms with Crippen LogP contribution in [0.25, 0.3) is 0 Å². The fourth-order valence-corrected chi connectivity index (χ4v) is 2.06. The lowest BCUT2D eigenvalue weighted by Crippen LogP contribution is -2.10. The molecule has 1 N–H and O–H groups in total. The van der Waals surface area contributed by atoms with E-state index in [0.29, 0.717) is 0 Å². The van der Waals surface area contributed by atoms with Crippen molar-refractivity contribution in [3.63, 3.8) is 0 Å². The summed E-state index contributed by atoms with van der Waals surface area (Å²) in [5, 5.41) is 3.41. The lowest BCUT2D eigenvalue weighted by Gasteiger charge is -2.08. The van der Waals surface area contributed by atoms with Crippen LogP contribution in [0.4, 0.5) is 0 Å². The van der Waals surface area contributed by atoms with Gasteiger partial charge in [-0.1, -0.05) is 29.8 Å². The van der Waals surface area contributed by atoms with Gasteiger partial charge in [0, 0.05) is 0 Å². The molecule has 78 valence electrons. The summed E-state index contributed by atoms with van der Waals surface area (Å²) in [6.07, 6.45) is 2.59. The summed E-state index contributed by atoms with van der Waals surface area (Å²) < 4.78 is 0. The van der Waals surface area contributed by atoms with E-state index in [-0.39, 0.29) is 12.4 Å². The van der Waals surface area contributed by atoms with Crippen LogP contribution in [0.1, 0.15) is 17.5 Å². The number of hydrogen-bond acceptors (Lipinski definition) is 1. The Morgan fingerprint density at radius 2 is 2.29 bits per heavy atom. The summed E-state index contributed by atoms with van der Waals surface area (Å²) in [6, 6.07) is 8.87. The molecule has 1 aliphatic rings. The highest BCUT2D eigenvalue weighted by Gasteiger charge is 2.14. The maximum absolute atomic E-state index is 3.41. The van der Waals surface area contributed by atoms with E-state index in [1.54, 1.807) is 0 Å². The van der Waals surface area contributed by atoms with Gasteiger partial charge in [-0.25, -0.2) is 0 Å². The number of hydrogen-bond donors (Lipinski definition) is 1. The second-order valence-corrected chi connectivity index (χ2v) is 4.05. The van der Waals surface area contributed by atoms with E-state index >= 15 is 0 Å². The summed E-state index contributed by atoms with van der Waals surface area (Å²) in [6.45, 7) is 4.57. The predicted octanol–water partition coefficient (Wildman–Crippen LogP) is 2.57. The average molecular weight is 212 g/mol. The van der Waals surface area contributed by atoms with Crippen molar-refractivity contribution in [2.75, 3.05) is 13.1 Å². The third kappa shape index (κ3) is 3.00. The molecule has 1 atom stereocenters. The highest BCUT2D eigenvalue weighted by atomic mass is 35.5. The first-order valence-electron chi connectivity index (χ1n) is 5.11. The second-order valence-electron chi connectivity index (χ2n) is 4.05. The summed E-state index contributed by atoms with van der Waals surface area (Å²) in [5.74, 6) is 0.863. The van der Waals surface area contributed by atoms with Gasteiger partial charge in [0.15, 0.2) is 0 Å². The Morgan fingerprint density at radius 1 is 1.43 bits per heavy atom. The molecule has 1 aromatic carbocycles. The molecule has 2 heteroatoms. The van der Waals surface area contributed by atoms with E-state index in [4.69, 9.17) is 0 Å². The number of rotatable bonds is 2. The van der Waals surface area contributed by atoms with Crippen molar-refractivity contribution in [2.24, 2.45) is 5.92 Å². The molecule has 1 aromatic rings. The molecule has 1 unspecified atom stereocenters. The van der Waals surface area contributed by atoms with Crippen molar-refractivity contribution in [1.82, 2.24) is 5.32 Å². The second kappa shape index (κ2) is 5.38. The van der Waals surface area contributed by atoms with Crippen molar-refractivity contribution in [3.8, 4) is 0 Å². The van der Waals surface area contributed by atoms with Gasteiger partial charge in [-0.3, -0.25) is 0 Å². The minimum absolute atomic E-state index is 0. The maximum Gasteiger partial charge on any atom is -0.00169 e. The van der Waals surface area contributed by atoms with Crippen LogP contribution in [0, 0.1) is 12.8 Å². The average Bonchev–Trinajstić information content (AvgIpc) is 2.57. The maximum atomic E-state index is 3.41. The van der Waals surface area contributed by atoms with E-state index in [2.05, 4.69) is 36.5 Å². The van der Waals surface area contributed by atoms with Crippen molar-refractivity contribution >= 4 is 12.4 Å². The summed E-state index contributed by atoms with van der Waals surface area (Å²) >= 11 is 0. The van der Waals surface area contributed by atoms with Crippen molar-refractivity contribution in [3.05, 3.63) is 35.4 Å². The minimum Gasteiger partial charge on any atom is -0.316 e. The number of nitrogens with one attached hydrogen (secondary N) is 1. The van der Waals surface area contributed by atoms with Gasteiger partial charge in [0.05, 0.1) is 0 Å². The lowest BCUT2D eigenvalue weighted by atomic mass is 9.98. The zero-order valence-electron chi connectivity index (χ0n) is 8.62. The third-order valence-corrected chi connectivity index (χ3v) is 2.77. The van der Waals surface area contributed by atoms with Crippen LogP contribution < -0.4 is 5.32 Å². The molecule has 1 aliphatic heterocycles. The van der Waals surface area contributed by atoms with Crippen LogP contribution in [0.2, 0.25) is 0 Å². The van der Waals surface area contributed by atoms with Gasteiger partial charge in [-0.05, 0) is 44.3 Å². The number of aryl methyl sites for hydroxylation is 1. The minimum atomic E-state index is 0. The molecule has 1 fully saturated rings. The normalized spacial score (nSPS) is 20.5. The Kier molecular flexibility index (Phi) is 4.43. The Morgan fingerprint density at radius 3 is 2.93 bits per heavy atom. The summed E-state index contributed by atoms with van der Waals surface area (Å²) in [5.41, 5.74) is 2.87. The zero-order chi connectivity index (χ0) is 9.10. The Hall–Kier alpha value is -0.530. The van der Waals surface area contributed by atoms with Crippen LogP contribution >= 0.6 is 12.4 Å². The van der Waals surface area contributed by atoms with Gasteiger partial charge in [-0.15, -0.1) is 12.4 Å². The standard InChI is InChI=1S/C12H17N.ClH/c1-10-3-2-4-11(7-10)8-12-5-6-13-9-12;/h2-4,7,12-13H,5-6,8-9H2,1H3;1H. The smallest absolute Gasteiger partial charge is 0.00169 e. The fourth-order valence-electron chi connectivity index (χ4n) is 2.06. The Labute approximate surface area is 92.3 Å². The fraction of sp³-hybridized carbons (Fsp3) is 0.500. The first-order chi connectivity index (χ1) is 6.34. The molecule has 0 saturated carbocycles. The Bertz CT molecular complexity index is 279. The van der Waals surface area contributed by atoms with E-state index in [9.17, 15) is 0 Å². The molecular formula is C12H18ClN. The van der Waals surface area contributed by atoms with Gasteiger partial charge >= 0.3 is 0 Å². The molecule has 2 rings (SSSR count). The molecule has 1 nitrogen and oxygen atoms in total. The summed E-state index contributed by atoms with van der Waals surface area (Å²) in [7, 11) is 0. The lowest BCUT2D eigenvalue weighted by molar-refractivity contribution is 0.580. The van der Waals surface area contributed by atoms with Crippen LogP contribution in [-0.4, -0.2) is 13.1 Å². The molecule has 1 saturated heterocycles. The molecule has 0 bridgehead atoms. The van der Waals surface area contributed by atoms with Crippen LogP contribution in [-0.2, 0) is 6.42 Å². The van der Waals surface area contributed by atoms with E-state index in [1.165, 1.54) is 37.1 Å². The molecule has 0 aromatic heterocycles. The van der Waals surface area contributed by atoms with Crippen LogP contribution in [0.15, 0.2) is 24.3 Å². The summed E-state index contributed by atoms with van der Waals surface area (Å²) in [4.78, 5) is 0. The largest absolute Gasteiger partial charge is 0.316 e. The first-order valence-corrected chi connectivity index (χ1v) is 5.11. The SMILES string of the molecule is Cc1cccc(CC2CCNC2)c1.Cl. The molecule has 0 radical (unpaired) electrons. The highest BCUT2D eigenvalue weighted by molar-refractivity contribution is 5.85. The van der Waals surface area contributed by atoms with Crippen molar-refractivity contribution in [1.29, 1.82) is 0 Å². The predicted molar refractivity (Wildman–Crippen MR) is 63.1 cm³/mol. The number of halogens is 1. The molecule has 1 heterocycles. The Balaban J connectivity index is 0.000000980. The topological polar surface area (TPSA) is 12.0 Å². The quantitative estimate of drug-likeness (QED) is 0.793.